The van der Waals surface area contributed by atoms with Gasteiger partial charge in [0.05, 0.1) is 12.5 Å². The Bertz CT molecular complexity index is 1250. The van der Waals surface area contributed by atoms with E-state index in [1.807, 2.05) is 0 Å². The van der Waals surface area contributed by atoms with E-state index < -0.39 is 35.8 Å². The molecule has 0 spiro atoms. The van der Waals surface area contributed by atoms with Gasteiger partial charge in [-0.3, -0.25) is 24.0 Å². The first-order chi connectivity index (χ1) is 23.4. The quantitative estimate of drug-likeness (QED) is 0.0652. The second-order valence-corrected chi connectivity index (χ2v) is 14.6. The lowest BCUT2D eigenvalue weighted by Crippen LogP contribution is -2.54. The highest BCUT2D eigenvalue weighted by molar-refractivity contribution is 6.55. The zero-order valence-corrected chi connectivity index (χ0v) is 30.9. The number of carbonyl (C=O) groups excluding carboxylic acids is 6. The van der Waals surface area contributed by atoms with Crippen LogP contribution in [0, 0.1) is 23.2 Å². The first-order valence-corrected chi connectivity index (χ1v) is 17.5. The number of benzene rings is 1. The Kier molecular flexibility index (Phi) is 19.8. The summed E-state index contributed by atoms with van der Waals surface area (Å²) in [6.07, 6.45) is 4.11. The molecule has 6 N–H and O–H groups in total. The van der Waals surface area contributed by atoms with E-state index in [1.54, 1.807) is 38.1 Å². The van der Waals surface area contributed by atoms with Crippen LogP contribution in [0.2, 0.25) is 0 Å². The van der Waals surface area contributed by atoms with E-state index in [1.165, 1.54) is 0 Å². The molecule has 1 rings (SSSR count). The molecule has 0 aliphatic carbocycles. The summed E-state index contributed by atoms with van der Waals surface area (Å²) < 4.78 is 10.3. The van der Waals surface area contributed by atoms with Gasteiger partial charge < -0.3 is 36.5 Å². The van der Waals surface area contributed by atoms with E-state index >= 15 is 0 Å². The van der Waals surface area contributed by atoms with Crippen LogP contribution in [-0.2, 0) is 35.3 Å². The highest BCUT2D eigenvalue weighted by Gasteiger charge is 2.29. The Morgan fingerprint density at radius 1 is 0.860 bits per heavy atom. The number of nitrogens with two attached hydrogens (primary N) is 1. The van der Waals surface area contributed by atoms with E-state index in [-0.39, 0.29) is 55.1 Å². The predicted molar refractivity (Wildman–Crippen MR) is 193 cm³/mol. The van der Waals surface area contributed by atoms with E-state index in [0.717, 1.165) is 12.8 Å². The molecular weight excluding hydrogens is 641 g/mol. The van der Waals surface area contributed by atoms with Crippen LogP contribution in [0.1, 0.15) is 105 Å². The molecule has 0 aliphatic heterocycles. The number of primary amides is 1. The zero-order valence-electron chi connectivity index (χ0n) is 30.9. The van der Waals surface area contributed by atoms with Gasteiger partial charge in [0.25, 0.3) is 0 Å². The molecule has 0 saturated heterocycles. The highest BCUT2D eigenvalue weighted by atomic mass is 16.5. The fraction of sp³-hybridized carbons (Fsp3) is 0.667. The fourth-order valence-electron chi connectivity index (χ4n) is 5.32. The summed E-state index contributed by atoms with van der Waals surface area (Å²) in [5.74, 6) is -2.42. The van der Waals surface area contributed by atoms with Crippen LogP contribution >= 0.6 is 0 Å². The minimum absolute atomic E-state index is 0.0205. The van der Waals surface area contributed by atoms with Gasteiger partial charge in [0, 0.05) is 18.7 Å². The summed E-state index contributed by atoms with van der Waals surface area (Å²) >= 11 is 0. The van der Waals surface area contributed by atoms with Crippen molar-refractivity contribution in [3.05, 3.63) is 29.8 Å². The second kappa shape index (κ2) is 22.6. The van der Waals surface area contributed by atoms with Gasteiger partial charge in [-0.25, -0.2) is 4.79 Å². The van der Waals surface area contributed by atoms with Crippen molar-refractivity contribution in [1.82, 2.24) is 16.0 Å². The molecule has 0 bridgehead atoms. The van der Waals surface area contributed by atoms with Crippen molar-refractivity contribution < 1.29 is 38.2 Å². The molecule has 13 nitrogen and oxygen atoms in total. The minimum atomic E-state index is -0.987. The number of unbranched alkanes of at least 4 members (excludes halogenated alkanes) is 2. The van der Waals surface area contributed by atoms with Crippen molar-refractivity contribution >= 4 is 49.1 Å². The molecule has 2 radical (unpaired) electrons. The monoisotopic (exact) mass is 699 g/mol. The topological polar surface area (TPSA) is 195 Å². The maximum Gasteiger partial charge on any atom is 0.312 e. The molecule has 14 heteroatoms. The first kappa shape index (κ1) is 43.9. The number of hydrogen-bond acceptors (Lipinski definition) is 8. The first-order valence-electron chi connectivity index (χ1n) is 17.5. The van der Waals surface area contributed by atoms with Crippen LogP contribution in [0.15, 0.2) is 24.3 Å². The van der Waals surface area contributed by atoms with E-state index in [0.29, 0.717) is 49.5 Å². The summed E-state index contributed by atoms with van der Waals surface area (Å²) in [4.78, 5) is 74.2. The summed E-state index contributed by atoms with van der Waals surface area (Å²) in [5, 5.41) is 10.8. The Morgan fingerprint density at radius 3 is 2.08 bits per heavy atom. The summed E-state index contributed by atoms with van der Waals surface area (Å²) in [7, 11) is 5.00. The lowest BCUT2D eigenvalue weighted by Gasteiger charge is -2.26. The van der Waals surface area contributed by atoms with Gasteiger partial charge in [0.2, 0.25) is 31.4 Å². The van der Waals surface area contributed by atoms with Crippen LogP contribution in [0.3, 0.4) is 0 Å². The van der Waals surface area contributed by atoms with Crippen LogP contribution in [0.25, 0.3) is 0 Å². The van der Waals surface area contributed by atoms with Crippen LogP contribution < -0.4 is 27.0 Å². The molecule has 278 valence electrons. The van der Waals surface area contributed by atoms with Gasteiger partial charge in [0.1, 0.15) is 18.7 Å². The number of urea groups is 1. The molecule has 50 heavy (non-hydrogen) atoms. The lowest BCUT2D eigenvalue weighted by molar-refractivity contribution is -0.150. The van der Waals surface area contributed by atoms with Gasteiger partial charge in [-0.15, -0.1) is 0 Å². The van der Waals surface area contributed by atoms with Crippen LogP contribution in [0.4, 0.5) is 15.3 Å². The average molecular weight is 700 g/mol. The van der Waals surface area contributed by atoms with E-state index in [9.17, 15) is 28.8 Å². The molecule has 0 saturated carbocycles. The Morgan fingerprint density at radius 2 is 1.52 bits per heavy atom. The molecule has 0 heterocycles. The number of esters is 1. The number of ether oxygens (including phenoxy) is 2. The molecule has 0 fully saturated rings. The van der Waals surface area contributed by atoms with Gasteiger partial charge >= 0.3 is 12.0 Å². The lowest BCUT2D eigenvalue weighted by atomic mass is 9.81. The van der Waals surface area contributed by atoms with Crippen molar-refractivity contribution in [2.45, 2.75) is 119 Å². The number of carbonyl (C=O) groups is 6. The average Bonchev–Trinajstić information content (AvgIpc) is 3.00. The normalized spacial score (nSPS) is 13.1. The van der Waals surface area contributed by atoms with Crippen molar-refractivity contribution in [3.8, 4) is 0 Å². The van der Waals surface area contributed by atoms with Gasteiger partial charge in [-0.1, -0.05) is 60.6 Å². The summed E-state index contributed by atoms with van der Waals surface area (Å²) in [6.45, 7) is 14.6. The minimum Gasteiger partial charge on any atom is -0.470 e. The molecule has 0 aromatic heterocycles. The number of nitrogens with one attached hydrogen (secondary N) is 4. The fourth-order valence-corrected chi connectivity index (χ4v) is 5.32. The SMILES string of the molecule is [B]C(=O)OCc1ccc(NC(=O)[C@H](CCCNC(N)=O)NC(=O)[C@@H](NC(=O)CCCCCOC(=O)C(CC(C)C)CC(C)(C)C)C(C)C)cc1. The smallest absolute Gasteiger partial charge is 0.312 e. The van der Waals surface area contributed by atoms with E-state index in [4.69, 9.17) is 23.1 Å². The maximum absolute atomic E-state index is 13.4. The molecular formula is C36H58BN5O8. The highest BCUT2D eigenvalue weighted by Crippen LogP contribution is 2.29. The largest absolute Gasteiger partial charge is 0.470 e. The third-order valence-corrected chi connectivity index (χ3v) is 7.71. The third kappa shape index (κ3) is 19.8. The molecule has 5 amide bonds. The van der Waals surface area contributed by atoms with Crippen molar-refractivity contribution in [2.24, 2.45) is 28.9 Å². The number of amides is 5. The molecule has 3 atom stereocenters. The molecule has 0 aliphatic rings. The van der Waals surface area contributed by atoms with E-state index in [2.05, 4.69) is 55.9 Å². The third-order valence-electron chi connectivity index (χ3n) is 7.71. The van der Waals surface area contributed by atoms with Crippen molar-refractivity contribution in [3.63, 3.8) is 0 Å². The predicted octanol–water partition coefficient (Wildman–Crippen LogP) is 4.71. The maximum atomic E-state index is 13.4. The van der Waals surface area contributed by atoms with Crippen molar-refractivity contribution in [1.29, 1.82) is 0 Å². The van der Waals surface area contributed by atoms with Crippen molar-refractivity contribution in [2.75, 3.05) is 18.5 Å². The van der Waals surface area contributed by atoms with Crippen LogP contribution in [0.5, 0.6) is 0 Å². The van der Waals surface area contributed by atoms with Gasteiger partial charge in [-0.2, -0.15) is 0 Å². The standard InChI is InChI=1S/C36H58BN5O8/c1-23(2)20-26(21-36(5,6)7)33(46)49-19-10-8-9-13-29(43)42-30(24(3)4)32(45)41-28(12-11-18-39-35(38)48)31(44)40-27-16-14-25(15-17-27)22-50-34(37)47/h14-17,23-24,26,28,30H,8-13,18-22H2,1-7H3,(H,40,44)(H,41,45)(H,42,43)(H3,38,39,48)/t26?,28-,30-/m0/s1. The number of rotatable bonds is 22. The van der Waals surface area contributed by atoms with Crippen LogP contribution in [-0.4, -0.2) is 68.7 Å². The molecule has 1 aromatic rings. The Hall–Kier alpha value is -4.10. The Labute approximate surface area is 298 Å². The Balaban J connectivity index is 2.71. The summed E-state index contributed by atoms with van der Waals surface area (Å²) in [5.41, 5.74) is 6.26. The zero-order chi connectivity index (χ0) is 37.9. The number of hydrogen-bond donors (Lipinski definition) is 5. The number of anilines is 1. The summed E-state index contributed by atoms with van der Waals surface area (Å²) in [6, 6.07) is 3.94. The van der Waals surface area contributed by atoms with Gasteiger partial charge in [-0.05, 0) is 79.9 Å². The molecule has 1 aromatic carbocycles. The molecule has 1 unspecified atom stereocenters. The second-order valence-electron chi connectivity index (χ2n) is 14.6. The van der Waals surface area contributed by atoms with Gasteiger partial charge in [0.15, 0.2) is 0 Å².